The molecule has 0 heterocycles. The minimum absolute atomic E-state index is 0.350. The number of hydrogen-bond acceptors (Lipinski definition) is 2. The van der Waals surface area contributed by atoms with Gasteiger partial charge >= 0.3 is 0 Å². The smallest absolute Gasteiger partial charge is 0.133 e. The Kier molecular flexibility index (Phi) is 7.79. The van der Waals surface area contributed by atoms with E-state index >= 15 is 0 Å². The zero-order valence-electron chi connectivity index (χ0n) is 18.7. The van der Waals surface area contributed by atoms with Crippen molar-refractivity contribution in [2.45, 2.75) is 109 Å². The molecule has 0 bridgehead atoms. The highest BCUT2D eigenvalue weighted by Gasteiger charge is 2.30. The molecule has 164 valence electrons. The molecule has 1 aromatic rings. The largest absolute Gasteiger partial charge is 0.300 e. The van der Waals surface area contributed by atoms with Crippen LogP contribution in [0.3, 0.4) is 0 Å². The first-order valence-electron chi connectivity index (χ1n) is 12.8. The van der Waals surface area contributed by atoms with Gasteiger partial charge in [0.25, 0.3) is 0 Å². The number of fused-ring (bicyclic) bond motifs is 2. The lowest BCUT2D eigenvalue weighted by molar-refractivity contribution is -0.121. The van der Waals surface area contributed by atoms with E-state index in [4.69, 9.17) is 0 Å². The van der Waals surface area contributed by atoms with E-state index in [9.17, 15) is 9.59 Å². The van der Waals surface area contributed by atoms with Gasteiger partial charge in [0.05, 0.1) is 0 Å². The van der Waals surface area contributed by atoms with Crippen molar-refractivity contribution in [2.24, 2.45) is 17.8 Å². The molecule has 2 nitrogen and oxygen atoms in total. The number of Topliss-reactive ketones (excluding diaryl/α,β-unsaturated/α-hetero) is 2. The zero-order valence-corrected chi connectivity index (χ0v) is 18.7. The van der Waals surface area contributed by atoms with E-state index in [2.05, 4.69) is 24.3 Å². The second-order valence-corrected chi connectivity index (χ2v) is 10.5. The lowest BCUT2D eigenvalue weighted by Gasteiger charge is -2.29. The number of aryl methyl sites for hydroxylation is 1. The van der Waals surface area contributed by atoms with E-state index in [-0.39, 0.29) is 0 Å². The van der Waals surface area contributed by atoms with Gasteiger partial charge < -0.3 is 0 Å². The van der Waals surface area contributed by atoms with Gasteiger partial charge in [-0.2, -0.15) is 0 Å². The van der Waals surface area contributed by atoms with E-state index in [0.717, 1.165) is 37.5 Å². The van der Waals surface area contributed by atoms with Crippen molar-refractivity contribution in [1.29, 1.82) is 0 Å². The monoisotopic (exact) mass is 408 g/mol. The first-order chi connectivity index (χ1) is 14.7. The highest BCUT2D eigenvalue weighted by atomic mass is 16.1. The van der Waals surface area contributed by atoms with Gasteiger partial charge in [0.15, 0.2) is 0 Å². The molecule has 0 amide bonds. The van der Waals surface area contributed by atoms with Crippen molar-refractivity contribution in [3.8, 4) is 0 Å². The summed E-state index contributed by atoms with van der Waals surface area (Å²) in [6.07, 6.45) is 17.8. The predicted molar refractivity (Wildman–Crippen MR) is 123 cm³/mol. The summed E-state index contributed by atoms with van der Waals surface area (Å²) >= 11 is 0. The Morgan fingerprint density at radius 2 is 1.40 bits per heavy atom. The SMILES string of the molecule is O=C(CCCC(=O)CC1CCCc2ccccc21)CC1CCC2CCCCC2CC1. The first kappa shape index (κ1) is 21.8. The predicted octanol–water partition coefficient (Wildman–Crippen LogP) is 7.19. The van der Waals surface area contributed by atoms with Gasteiger partial charge in [-0.05, 0) is 86.2 Å². The molecular weight excluding hydrogens is 368 g/mol. The van der Waals surface area contributed by atoms with Crippen LogP contribution in [0.1, 0.15) is 113 Å². The van der Waals surface area contributed by atoms with Crippen LogP contribution in [0.25, 0.3) is 0 Å². The average Bonchev–Trinajstić information content (AvgIpc) is 2.96. The molecule has 3 aliphatic carbocycles. The summed E-state index contributed by atoms with van der Waals surface area (Å²) in [7, 11) is 0. The van der Waals surface area contributed by atoms with Gasteiger partial charge in [-0.25, -0.2) is 0 Å². The number of rotatable bonds is 8. The van der Waals surface area contributed by atoms with Crippen LogP contribution in [0.4, 0.5) is 0 Å². The van der Waals surface area contributed by atoms with E-state index in [1.807, 2.05) is 0 Å². The summed E-state index contributed by atoms with van der Waals surface area (Å²) in [4.78, 5) is 25.1. The van der Waals surface area contributed by atoms with Crippen LogP contribution in [0, 0.1) is 17.8 Å². The Hall–Kier alpha value is -1.44. The molecule has 2 saturated carbocycles. The zero-order chi connectivity index (χ0) is 20.8. The number of benzene rings is 1. The molecule has 3 aliphatic rings. The third kappa shape index (κ3) is 5.83. The second kappa shape index (κ2) is 10.7. The molecule has 0 spiro atoms. The molecule has 2 heteroatoms. The molecule has 3 unspecified atom stereocenters. The van der Waals surface area contributed by atoms with Crippen LogP contribution < -0.4 is 0 Å². The van der Waals surface area contributed by atoms with E-state index in [0.29, 0.717) is 42.7 Å². The number of ketones is 2. The lowest BCUT2D eigenvalue weighted by atomic mass is 9.77. The highest BCUT2D eigenvalue weighted by Crippen LogP contribution is 2.41. The minimum Gasteiger partial charge on any atom is -0.300 e. The molecule has 0 aliphatic heterocycles. The summed E-state index contributed by atoms with van der Waals surface area (Å²) in [5.41, 5.74) is 2.82. The average molecular weight is 409 g/mol. The molecule has 1 aromatic carbocycles. The van der Waals surface area contributed by atoms with E-state index in [1.165, 1.54) is 68.9 Å². The van der Waals surface area contributed by atoms with Gasteiger partial charge in [-0.3, -0.25) is 9.59 Å². The van der Waals surface area contributed by atoms with E-state index < -0.39 is 0 Å². The van der Waals surface area contributed by atoms with Gasteiger partial charge in [-0.15, -0.1) is 0 Å². The van der Waals surface area contributed by atoms with Crippen molar-refractivity contribution in [2.75, 3.05) is 0 Å². The third-order valence-corrected chi connectivity index (χ3v) is 8.35. The van der Waals surface area contributed by atoms with Gasteiger partial charge in [-0.1, -0.05) is 49.9 Å². The maximum absolute atomic E-state index is 12.6. The maximum Gasteiger partial charge on any atom is 0.133 e. The second-order valence-electron chi connectivity index (χ2n) is 10.5. The third-order valence-electron chi connectivity index (χ3n) is 8.35. The number of carbonyl (C=O) groups excluding carboxylic acids is 2. The summed E-state index contributed by atoms with van der Waals surface area (Å²) in [6, 6.07) is 8.63. The normalized spacial score (nSPS) is 28.8. The molecule has 3 atom stereocenters. The standard InChI is InChI=1S/C28H40O2/c29-26(19-21-15-17-22-7-1-2-8-23(22)18-16-21)12-6-13-27(30)20-25-11-5-10-24-9-3-4-14-28(24)25/h3-4,9,14,21-23,25H,1-2,5-8,10-13,15-20H2. The fourth-order valence-electron chi connectivity index (χ4n) is 6.64. The van der Waals surface area contributed by atoms with Crippen LogP contribution in [0.15, 0.2) is 24.3 Å². The van der Waals surface area contributed by atoms with Crippen LogP contribution >= 0.6 is 0 Å². The number of hydrogen-bond donors (Lipinski definition) is 0. The minimum atomic E-state index is 0.350. The highest BCUT2D eigenvalue weighted by molar-refractivity contribution is 5.81. The number of carbonyl (C=O) groups is 2. The Balaban J connectivity index is 1.16. The topological polar surface area (TPSA) is 34.1 Å². The molecule has 4 rings (SSSR count). The molecular formula is C28H40O2. The van der Waals surface area contributed by atoms with Crippen LogP contribution in [0.2, 0.25) is 0 Å². The summed E-state index contributed by atoms with van der Waals surface area (Å²) in [6.45, 7) is 0. The van der Waals surface area contributed by atoms with Crippen molar-refractivity contribution in [1.82, 2.24) is 0 Å². The fraction of sp³-hybridized carbons (Fsp3) is 0.714. The lowest BCUT2D eigenvalue weighted by Crippen LogP contribution is -2.17. The van der Waals surface area contributed by atoms with Gasteiger partial charge in [0.2, 0.25) is 0 Å². The molecule has 30 heavy (non-hydrogen) atoms. The molecule has 0 radical (unpaired) electrons. The van der Waals surface area contributed by atoms with Crippen LogP contribution in [-0.4, -0.2) is 11.6 Å². The van der Waals surface area contributed by atoms with Crippen molar-refractivity contribution in [3.63, 3.8) is 0 Å². The van der Waals surface area contributed by atoms with Crippen molar-refractivity contribution < 1.29 is 9.59 Å². The van der Waals surface area contributed by atoms with E-state index in [1.54, 1.807) is 0 Å². The van der Waals surface area contributed by atoms with Gasteiger partial charge in [0, 0.05) is 25.7 Å². The Labute approximate surface area is 183 Å². The quantitative estimate of drug-likeness (QED) is 0.456. The summed E-state index contributed by atoms with van der Waals surface area (Å²) in [5.74, 6) is 3.65. The van der Waals surface area contributed by atoms with Crippen LogP contribution in [0.5, 0.6) is 0 Å². The molecule has 0 N–H and O–H groups in total. The maximum atomic E-state index is 12.6. The fourth-order valence-corrected chi connectivity index (χ4v) is 6.64. The molecule has 0 saturated heterocycles. The summed E-state index contributed by atoms with van der Waals surface area (Å²) in [5, 5.41) is 0. The van der Waals surface area contributed by atoms with Crippen LogP contribution in [-0.2, 0) is 16.0 Å². The first-order valence-corrected chi connectivity index (χ1v) is 12.8. The van der Waals surface area contributed by atoms with Gasteiger partial charge in [0.1, 0.15) is 11.6 Å². The Bertz CT molecular complexity index is 705. The van der Waals surface area contributed by atoms with Crippen molar-refractivity contribution >= 4 is 11.6 Å². The molecule has 2 fully saturated rings. The Morgan fingerprint density at radius 3 is 2.13 bits per heavy atom. The Morgan fingerprint density at radius 1 is 0.733 bits per heavy atom. The van der Waals surface area contributed by atoms with Crippen molar-refractivity contribution in [3.05, 3.63) is 35.4 Å². The molecule has 0 aromatic heterocycles. The summed E-state index contributed by atoms with van der Waals surface area (Å²) < 4.78 is 0.